The minimum Gasteiger partial charge on any atom is -0.478 e. The first-order chi connectivity index (χ1) is 11.3. The summed E-state index contributed by atoms with van der Waals surface area (Å²) >= 11 is 0. The minimum absolute atomic E-state index is 0.107. The summed E-state index contributed by atoms with van der Waals surface area (Å²) in [6.07, 6.45) is 3.42. The van der Waals surface area contributed by atoms with Gasteiger partial charge in [0.2, 0.25) is 0 Å². The predicted molar refractivity (Wildman–Crippen MR) is 87.7 cm³/mol. The zero-order chi connectivity index (χ0) is 17.3. The highest BCUT2D eigenvalue weighted by Crippen LogP contribution is 2.30. The number of hydrogen-bond acceptors (Lipinski definition) is 5. The Bertz CT molecular complexity index is 842. The van der Waals surface area contributed by atoms with Crippen LogP contribution in [0.5, 0.6) is 0 Å². The fourth-order valence-electron chi connectivity index (χ4n) is 3.10. The van der Waals surface area contributed by atoms with Crippen molar-refractivity contribution in [1.29, 1.82) is 0 Å². The molecule has 1 aliphatic heterocycles. The average Bonchev–Trinajstić information content (AvgIpc) is 3.15. The van der Waals surface area contributed by atoms with E-state index in [1.54, 1.807) is 12.1 Å². The second-order valence-electron chi connectivity index (χ2n) is 6.14. The van der Waals surface area contributed by atoms with Gasteiger partial charge in [-0.3, -0.25) is 10.00 Å². The van der Waals surface area contributed by atoms with Crippen LogP contribution in [0, 0.1) is 0 Å². The van der Waals surface area contributed by atoms with Gasteiger partial charge in [0.25, 0.3) is 0 Å². The Hall–Kier alpha value is -2.19. The Labute approximate surface area is 140 Å². The van der Waals surface area contributed by atoms with Gasteiger partial charge < -0.3 is 5.11 Å². The van der Waals surface area contributed by atoms with Gasteiger partial charge in [-0.05, 0) is 30.7 Å². The summed E-state index contributed by atoms with van der Waals surface area (Å²) in [5.74, 6) is -0.828. The number of aromatic carboxylic acids is 1. The number of carboxylic acid groups (broad SMARTS) is 1. The highest BCUT2D eigenvalue weighted by atomic mass is 32.2. The molecule has 0 unspecified atom stereocenters. The zero-order valence-corrected chi connectivity index (χ0v) is 14.1. The molecule has 2 aromatic rings. The summed E-state index contributed by atoms with van der Waals surface area (Å²) in [4.78, 5) is 13.4. The van der Waals surface area contributed by atoms with Crippen molar-refractivity contribution in [2.45, 2.75) is 23.8 Å². The first-order valence-electron chi connectivity index (χ1n) is 7.62. The molecule has 7 nitrogen and oxygen atoms in total. The third-order valence-electron chi connectivity index (χ3n) is 4.32. The van der Waals surface area contributed by atoms with Crippen LogP contribution in [0.2, 0.25) is 0 Å². The summed E-state index contributed by atoms with van der Waals surface area (Å²) in [6, 6.07) is 6.83. The number of H-pyrrole nitrogens is 1. The quantitative estimate of drug-likeness (QED) is 0.848. The minimum atomic E-state index is -3.28. The zero-order valence-electron chi connectivity index (χ0n) is 13.3. The summed E-state index contributed by atoms with van der Waals surface area (Å²) in [5.41, 5.74) is 1.99. The van der Waals surface area contributed by atoms with E-state index in [1.165, 1.54) is 12.5 Å². The molecular weight excluding hydrogens is 330 g/mol. The molecule has 2 heterocycles. The lowest BCUT2D eigenvalue weighted by atomic mass is 10.1. The molecule has 1 aliphatic rings. The summed E-state index contributed by atoms with van der Waals surface area (Å²) in [6.45, 7) is 2.30. The monoisotopic (exact) mass is 349 g/mol. The van der Waals surface area contributed by atoms with E-state index in [4.69, 9.17) is 5.11 Å². The van der Waals surface area contributed by atoms with Gasteiger partial charge in [0.15, 0.2) is 9.84 Å². The summed E-state index contributed by atoms with van der Waals surface area (Å²) in [7, 11) is -3.28. The molecule has 0 saturated carbocycles. The molecule has 1 saturated heterocycles. The Morgan fingerprint density at radius 3 is 2.71 bits per heavy atom. The summed E-state index contributed by atoms with van der Waals surface area (Å²) in [5, 5.41) is 15.7. The normalized spacial score (nSPS) is 18.8. The van der Waals surface area contributed by atoms with Gasteiger partial charge in [-0.25, -0.2) is 13.2 Å². The van der Waals surface area contributed by atoms with Crippen molar-refractivity contribution in [1.82, 2.24) is 15.1 Å². The van der Waals surface area contributed by atoms with Crippen molar-refractivity contribution >= 4 is 15.8 Å². The maximum absolute atomic E-state index is 11.8. The lowest BCUT2D eigenvalue weighted by Crippen LogP contribution is -2.20. The Morgan fingerprint density at radius 2 is 2.08 bits per heavy atom. The lowest BCUT2D eigenvalue weighted by molar-refractivity contribution is 0.0697. The standard InChI is InChI=1S/C16H19N3O4S/c1-24(22,23)14-8-17-18-15(14)13-6-7-19(10-13)9-11-2-4-12(5-3-11)16(20)21/h2-5,8,13H,6-7,9-10H2,1H3,(H,17,18)(H,20,21)/t13-/m0/s1. The molecule has 128 valence electrons. The topological polar surface area (TPSA) is 103 Å². The van der Waals surface area contributed by atoms with E-state index >= 15 is 0 Å². The molecule has 0 aliphatic carbocycles. The molecule has 1 aromatic heterocycles. The van der Waals surface area contributed by atoms with Crippen LogP contribution >= 0.6 is 0 Å². The third kappa shape index (κ3) is 3.49. The second kappa shape index (κ2) is 6.37. The molecule has 1 aromatic carbocycles. The molecule has 3 rings (SSSR count). The van der Waals surface area contributed by atoms with E-state index in [2.05, 4.69) is 15.1 Å². The Morgan fingerprint density at radius 1 is 1.38 bits per heavy atom. The number of rotatable bonds is 5. The molecule has 2 N–H and O–H groups in total. The van der Waals surface area contributed by atoms with Crippen molar-refractivity contribution in [3.8, 4) is 0 Å². The first-order valence-corrected chi connectivity index (χ1v) is 9.51. The van der Waals surface area contributed by atoms with E-state index in [0.717, 1.165) is 25.1 Å². The van der Waals surface area contributed by atoms with E-state index in [1.807, 2.05) is 12.1 Å². The van der Waals surface area contributed by atoms with Crippen molar-refractivity contribution in [2.24, 2.45) is 0 Å². The molecule has 0 spiro atoms. The fraction of sp³-hybridized carbons (Fsp3) is 0.375. The maximum Gasteiger partial charge on any atom is 0.335 e. The van der Waals surface area contributed by atoms with Crippen molar-refractivity contribution in [2.75, 3.05) is 19.3 Å². The Balaban J connectivity index is 1.68. The van der Waals surface area contributed by atoms with Crippen LogP contribution in [-0.4, -0.2) is 53.9 Å². The molecule has 24 heavy (non-hydrogen) atoms. The van der Waals surface area contributed by atoms with Gasteiger partial charge in [0, 0.05) is 25.3 Å². The largest absolute Gasteiger partial charge is 0.478 e. The molecule has 0 bridgehead atoms. The van der Waals surface area contributed by atoms with Gasteiger partial charge in [-0.15, -0.1) is 0 Å². The molecule has 0 radical (unpaired) electrons. The van der Waals surface area contributed by atoms with Gasteiger partial charge in [-0.1, -0.05) is 12.1 Å². The smallest absolute Gasteiger partial charge is 0.335 e. The fourth-order valence-corrected chi connectivity index (χ4v) is 3.95. The van der Waals surface area contributed by atoms with E-state index in [9.17, 15) is 13.2 Å². The van der Waals surface area contributed by atoms with Gasteiger partial charge in [0.1, 0.15) is 4.90 Å². The predicted octanol–water partition coefficient (Wildman–Crippen LogP) is 1.50. The van der Waals surface area contributed by atoms with Gasteiger partial charge >= 0.3 is 5.97 Å². The SMILES string of the molecule is CS(=O)(=O)c1cn[nH]c1[C@H]1CCN(Cc2ccc(C(=O)O)cc2)C1. The van der Waals surface area contributed by atoms with E-state index in [-0.39, 0.29) is 16.4 Å². The van der Waals surface area contributed by atoms with Crippen LogP contribution in [0.1, 0.15) is 34.0 Å². The van der Waals surface area contributed by atoms with Crippen LogP contribution in [0.15, 0.2) is 35.4 Å². The number of nitrogens with one attached hydrogen (secondary N) is 1. The number of aromatic nitrogens is 2. The number of hydrogen-bond donors (Lipinski definition) is 2. The number of carbonyl (C=O) groups is 1. The van der Waals surface area contributed by atoms with Crippen LogP contribution in [0.25, 0.3) is 0 Å². The lowest BCUT2D eigenvalue weighted by Gasteiger charge is -2.16. The highest BCUT2D eigenvalue weighted by molar-refractivity contribution is 7.90. The molecule has 8 heteroatoms. The maximum atomic E-state index is 11.8. The van der Waals surface area contributed by atoms with Crippen molar-refractivity contribution < 1.29 is 18.3 Å². The van der Waals surface area contributed by atoms with Crippen LogP contribution in [0.4, 0.5) is 0 Å². The highest BCUT2D eigenvalue weighted by Gasteiger charge is 2.29. The molecular formula is C16H19N3O4S. The van der Waals surface area contributed by atoms with Crippen molar-refractivity contribution in [3.63, 3.8) is 0 Å². The second-order valence-corrected chi connectivity index (χ2v) is 8.13. The molecule has 1 fully saturated rings. The summed E-state index contributed by atoms with van der Waals surface area (Å²) < 4.78 is 23.6. The molecule has 0 amide bonds. The van der Waals surface area contributed by atoms with Crippen LogP contribution < -0.4 is 0 Å². The van der Waals surface area contributed by atoms with Gasteiger partial charge in [0.05, 0.1) is 17.5 Å². The number of carboxylic acids is 1. The van der Waals surface area contributed by atoms with E-state index < -0.39 is 15.8 Å². The van der Waals surface area contributed by atoms with Crippen molar-refractivity contribution in [3.05, 3.63) is 47.3 Å². The average molecular weight is 349 g/mol. The van der Waals surface area contributed by atoms with E-state index in [0.29, 0.717) is 12.2 Å². The third-order valence-corrected chi connectivity index (χ3v) is 5.44. The molecule has 1 atom stereocenters. The van der Waals surface area contributed by atoms with Gasteiger partial charge in [-0.2, -0.15) is 5.10 Å². The number of sulfone groups is 1. The number of likely N-dealkylation sites (tertiary alicyclic amines) is 1. The van der Waals surface area contributed by atoms with Crippen LogP contribution in [-0.2, 0) is 16.4 Å². The number of aromatic amines is 1. The Kier molecular flexibility index (Phi) is 4.42. The number of benzene rings is 1. The van der Waals surface area contributed by atoms with Crippen LogP contribution in [0.3, 0.4) is 0 Å². The number of nitrogens with zero attached hydrogens (tertiary/aromatic N) is 2. The first kappa shape index (κ1) is 16.7.